The highest BCUT2D eigenvalue weighted by molar-refractivity contribution is 9.10. The number of hydrogen-bond donors (Lipinski definition) is 0. The fourth-order valence-corrected chi connectivity index (χ4v) is 1.65. The third-order valence-corrected chi connectivity index (χ3v) is 3.15. The van der Waals surface area contributed by atoms with E-state index in [1.807, 2.05) is 26.0 Å². The Balaban J connectivity index is 3.15. The van der Waals surface area contributed by atoms with Crippen LogP contribution in [-0.4, -0.2) is 25.1 Å². The van der Waals surface area contributed by atoms with Crippen LogP contribution in [0.4, 0.5) is 0 Å². The summed E-state index contributed by atoms with van der Waals surface area (Å²) in [5, 5.41) is 1.21. The molecular weight excluding hydrogens is 258 g/mol. The zero-order chi connectivity index (χ0) is 11.6. The maximum atomic E-state index is 11.8. The van der Waals surface area contributed by atoms with E-state index in [4.69, 9.17) is 4.84 Å². The summed E-state index contributed by atoms with van der Waals surface area (Å²) in [6.45, 7) is 3.90. The third-order valence-electron chi connectivity index (χ3n) is 2.30. The van der Waals surface area contributed by atoms with Crippen molar-refractivity contribution in [2.45, 2.75) is 13.8 Å². The molecule has 82 valence electrons. The van der Waals surface area contributed by atoms with Crippen LogP contribution in [-0.2, 0) is 4.84 Å². The lowest BCUT2D eigenvalue weighted by molar-refractivity contribution is -0.0757. The Morgan fingerprint density at radius 2 is 1.93 bits per heavy atom. The molecule has 0 aliphatic rings. The Labute approximate surface area is 98.1 Å². The van der Waals surface area contributed by atoms with Crippen LogP contribution in [0.15, 0.2) is 16.6 Å². The van der Waals surface area contributed by atoms with E-state index in [2.05, 4.69) is 15.9 Å². The fraction of sp³-hybridized carbons (Fsp3) is 0.364. The van der Waals surface area contributed by atoms with Crippen molar-refractivity contribution < 1.29 is 9.63 Å². The van der Waals surface area contributed by atoms with Crippen LogP contribution in [0.25, 0.3) is 0 Å². The number of hydrogen-bond acceptors (Lipinski definition) is 2. The van der Waals surface area contributed by atoms with Gasteiger partial charge in [-0.3, -0.25) is 9.63 Å². The second kappa shape index (κ2) is 4.77. The Bertz CT molecular complexity index is 390. The van der Waals surface area contributed by atoms with E-state index in [0.29, 0.717) is 5.56 Å². The third kappa shape index (κ3) is 2.58. The van der Waals surface area contributed by atoms with Crippen molar-refractivity contribution in [3.63, 3.8) is 0 Å². The molecule has 0 radical (unpaired) electrons. The molecule has 0 atom stereocenters. The molecule has 0 aliphatic heterocycles. The van der Waals surface area contributed by atoms with Crippen LogP contribution in [0.3, 0.4) is 0 Å². The zero-order valence-electron chi connectivity index (χ0n) is 9.30. The predicted molar refractivity (Wildman–Crippen MR) is 62.7 cm³/mol. The summed E-state index contributed by atoms with van der Waals surface area (Å²) < 4.78 is 0.931. The lowest BCUT2D eigenvalue weighted by Gasteiger charge is -2.15. The van der Waals surface area contributed by atoms with Gasteiger partial charge in [0.15, 0.2) is 0 Å². The van der Waals surface area contributed by atoms with Crippen molar-refractivity contribution in [1.82, 2.24) is 5.06 Å². The van der Waals surface area contributed by atoms with E-state index in [0.717, 1.165) is 15.6 Å². The molecule has 0 unspecified atom stereocenters. The molecule has 0 heterocycles. The fourth-order valence-electron chi connectivity index (χ4n) is 1.31. The van der Waals surface area contributed by atoms with Gasteiger partial charge < -0.3 is 0 Å². The first kappa shape index (κ1) is 12.2. The van der Waals surface area contributed by atoms with Crippen LogP contribution in [0.1, 0.15) is 21.5 Å². The van der Waals surface area contributed by atoms with Crippen molar-refractivity contribution >= 4 is 21.8 Å². The summed E-state index contributed by atoms with van der Waals surface area (Å²) >= 11 is 3.41. The zero-order valence-corrected chi connectivity index (χ0v) is 10.9. The molecule has 0 saturated heterocycles. The maximum absolute atomic E-state index is 11.8. The van der Waals surface area contributed by atoms with E-state index in [1.54, 1.807) is 7.05 Å². The van der Waals surface area contributed by atoms with Gasteiger partial charge in [0.25, 0.3) is 5.91 Å². The Morgan fingerprint density at radius 3 is 2.47 bits per heavy atom. The number of amides is 1. The van der Waals surface area contributed by atoms with Gasteiger partial charge in [-0.1, -0.05) is 22.0 Å². The molecule has 0 bridgehead atoms. The first-order chi connectivity index (χ1) is 6.97. The highest BCUT2D eigenvalue weighted by Crippen LogP contribution is 2.21. The lowest BCUT2D eigenvalue weighted by Crippen LogP contribution is -2.26. The molecule has 1 amide bonds. The second-order valence-electron chi connectivity index (χ2n) is 3.40. The highest BCUT2D eigenvalue weighted by atomic mass is 79.9. The molecule has 15 heavy (non-hydrogen) atoms. The smallest absolute Gasteiger partial charge is 0.274 e. The van der Waals surface area contributed by atoms with Crippen molar-refractivity contribution in [3.8, 4) is 0 Å². The summed E-state index contributed by atoms with van der Waals surface area (Å²) in [7, 11) is 3.06. The van der Waals surface area contributed by atoms with Gasteiger partial charge in [-0.05, 0) is 31.0 Å². The Morgan fingerprint density at radius 1 is 1.33 bits per heavy atom. The molecule has 0 saturated carbocycles. The predicted octanol–water partition coefficient (Wildman–Crippen LogP) is 2.70. The number of carbonyl (C=O) groups excluding carboxylic acids is 1. The summed E-state index contributed by atoms with van der Waals surface area (Å²) in [6.07, 6.45) is 0. The lowest BCUT2D eigenvalue weighted by atomic mass is 10.1. The monoisotopic (exact) mass is 271 g/mol. The quantitative estimate of drug-likeness (QED) is 0.775. The maximum Gasteiger partial charge on any atom is 0.277 e. The van der Waals surface area contributed by atoms with Gasteiger partial charge in [0.2, 0.25) is 0 Å². The van der Waals surface area contributed by atoms with Crippen LogP contribution < -0.4 is 0 Å². The van der Waals surface area contributed by atoms with Crippen LogP contribution in [0, 0.1) is 13.8 Å². The number of nitrogens with zero attached hydrogens (tertiary/aromatic N) is 1. The molecule has 1 aromatic rings. The molecule has 0 fully saturated rings. The normalized spacial score (nSPS) is 10.2. The minimum Gasteiger partial charge on any atom is -0.274 e. The number of halogens is 1. The number of aryl methyl sites for hydroxylation is 2. The van der Waals surface area contributed by atoms with Crippen molar-refractivity contribution in [2.75, 3.05) is 14.2 Å². The van der Waals surface area contributed by atoms with Crippen molar-refractivity contribution in [2.24, 2.45) is 0 Å². The largest absolute Gasteiger partial charge is 0.277 e. The summed E-state index contributed by atoms with van der Waals surface area (Å²) in [6, 6.07) is 3.79. The minimum absolute atomic E-state index is 0.143. The van der Waals surface area contributed by atoms with E-state index in [-0.39, 0.29) is 5.91 Å². The first-order valence-electron chi connectivity index (χ1n) is 4.56. The van der Waals surface area contributed by atoms with E-state index >= 15 is 0 Å². The van der Waals surface area contributed by atoms with Gasteiger partial charge in [-0.15, -0.1) is 0 Å². The second-order valence-corrected chi connectivity index (χ2v) is 4.26. The van der Waals surface area contributed by atoms with E-state index in [9.17, 15) is 4.79 Å². The molecule has 1 rings (SSSR count). The first-order valence-corrected chi connectivity index (χ1v) is 5.35. The number of carbonyl (C=O) groups is 1. The molecule has 0 aromatic heterocycles. The van der Waals surface area contributed by atoms with Crippen LogP contribution in [0.5, 0.6) is 0 Å². The van der Waals surface area contributed by atoms with E-state index in [1.165, 1.54) is 12.2 Å². The molecule has 0 N–H and O–H groups in total. The molecule has 1 aromatic carbocycles. The van der Waals surface area contributed by atoms with Gasteiger partial charge in [0.05, 0.1) is 7.11 Å². The number of hydroxylamine groups is 2. The molecule has 0 aliphatic carbocycles. The van der Waals surface area contributed by atoms with Crippen LogP contribution >= 0.6 is 15.9 Å². The average Bonchev–Trinajstić information content (AvgIpc) is 2.21. The summed E-state index contributed by atoms with van der Waals surface area (Å²) in [5.74, 6) is -0.143. The molecule has 3 nitrogen and oxygen atoms in total. The number of benzene rings is 1. The minimum atomic E-state index is -0.143. The van der Waals surface area contributed by atoms with Gasteiger partial charge in [-0.25, -0.2) is 5.06 Å². The summed E-state index contributed by atoms with van der Waals surface area (Å²) in [4.78, 5) is 16.7. The van der Waals surface area contributed by atoms with Gasteiger partial charge in [0, 0.05) is 17.1 Å². The highest BCUT2D eigenvalue weighted by Gasteiger charge is 2.15. The molecule has 0 spiro atoms. The van der Waals surface area contributed by atoms with Gasteiger partial charge in [-0.2, -0.15) is 0 Å². The van der Waals surface area contributed by atoms with Gasteiger partial charge in [0.1, 0.15) is 0 Å². The SMILES string of the molecule is CON(C)C(=O)c1cc(Br)c(C)cc1C. The van der Waals surface area contributed by atoms with Crippen LogP contribution in [0.2, 0.25) is 0 Å². The Kier molecular flexibility index (Phi) is 3.88. The van der Waals surface area contributed by atoms with E-state index < -0.39 is 0 Å². The summed E-state index contributed by atoms with van der Waals surface area (Å²) in [5.41, 5.74) is 2.71. The number of rotatable bonds is 2. The van der Waals surface area contributed by atoms with Crippen molar-refractivity contribution in [1.29, 1.82) is 0 Å². The molecule has 4 heteroatoms. The van der Waals surface area contributed by atoms with Crippen molar-refractivity contribution in [3.05, 3.63) is 33.3 Å². The average molecular weight is 272 g/mol. The Hall–Kier alpha value is -0.870. The topological polar surface area (TPSA) is 29.5 Å². The molecular formula is C11H14BrNO2. The standard InChI is InChI=1S/C11H14BrNO2/c1-7-5-8(2)10(12)6-9(7)11(14)13(3)15-4/h5-6H,1-4H3. The van der Waals surface area contributed by atoms with Gasteiger partial charge >= 0.3 is 0 Å².